The Morgan fingerprint density at radius 1 is 1.15 bits per heavy atom. The summed E-state index contributed by atoms with van der Waals surface area (Å²) in [5.74, 6) is 0. The number of thiophene rings is 1. The number of hydrogen-bond donors (Lipinski definition) is 0. The van der Waals surface area contributed by atoms with E-state index in [2.05, 4.69) is 43.5 Å². The maximum atomic E-state index is 4.02. The fourth-order valence-electron chi connectivity index (χ4n) is 1.39. The number of hydrogen-bond acceptors (Lipinski definition) is 1. The van der Waals surface area contributed by atoms with Gasteiger partial charge in [-0.1, -0.05) is 24.3 Å². The van der Waals surface area contributed by atoms with E-state index in [0.29, 0.717) is 0 Å². The molecule has 0 fully saturated rings. The first-order chi connectivity index (χ1) is 6.29. The van der Waals surface area contributed by atoms with E-state index in [0.717, 1.165) is 5.56 Å². The second-order valence-electron chi connectivity index (χ2n) is 3.09. The molecule has 1 heterocycles. The highest BCUT2D eigenvalue weighted by Crippen LogP contribution is 2.30. The fraction of sp³-hybridized carbons (Fsp3) is 0.0833. The first kappa shape index (κ1) is 8.52. The maximum absolute atomic E-state index is 4.02. The van der Waals surface area contributed by atoms with Gasteiger partial charge in [-0.25, -0.2) is 0 Å². The van der Waals surface area contributed by atoms with Crippen molar-refractivity contribution >= 4 is 11.3 Å². The van der Waals surface area contributed by atoms with Crippen LogP contribution in [-0.2, 0) is 0 Å². The third-order valence-electron chi connectivity index (χ3n) is 2.12. The standard InChI is InChI=1S/C12H11S/c1-9-5-3-4-6-11(9)12-10(2)7-8-13-12/h3-8H,1H2,2H3. The van der Waals surface area contributed by atoms with E-state index in [1.54, 1.807) is 11.3 Å². The molecule has 1 heteroatoms. The molecule has 0 nitrogen and oxygen atoms in total. The maximum Gasteiger partial charge on any atom is 0.0374 e. The Morgan fingerprint density at radius 2 is 1.92 bits per heavy atom. The molecule has 0 unspecified atom stereocenters. The highest BCUT2D eigenvalue weighted by Gasteiger charge is 2.04. The van der Waals surface area contributed by atoms with Crippen molar-refractivity contribution in [2.75, 3.05) is 0 Å². The summed E-state index contributed by atoms with van der Waals surface area (Å²) in [7, 11) is 0. The second-order valence-corrected chi connectivity index (χ2v) is 4.01. The van der Waals surface area contributed by atoms with Crippen molar-refractivity contribution in [1.82, 2.24) is 0 Å². The zero-order valence-electron chi connectivity index (χ0n) is 7.58. The summed E-state index contributed by atoms with van der Waals surface area (Å²) in [6, 6.07) is 10.4. The summed E-state index contributed by atoms with van der Waals surface area (Å²) in [6.45, 7) is 6.16. The largest absolute Gasteiger partial charge is 0.144 e. The van der Waals surface area contributed by atoms with Gasteiger partial charge in [0.2, 0.25) is 0 Å². The quantitative estimate of drug-likeness (QED) is 0.635. The first-order valence-corrected chi connectivity index (χ1v) is 5.12. The average Bonchev–Trinajstić information content (AvgIpc) is 2.52. The van der Waals surface area contributed by atoms with E-state index in [9.17, 15) is 0 Å². The third kappa shape index (κ3) is 1.52. The molecule has 0 aliphatic rings. The summed E-state index contributed by atoms with van der Waals surface area (Å²) in [5, 5.41) is 2.12. The molecule has 0 amide bonds. The molecule has 0 aliphatic carbocycles. The fourth-order valence-corrected chi connectivity index (χ4v) is 2.38. The molecule has 0 saturated heterocycles. The normalized spacial score (nSPS) is 10.3. The zero-order valence-corrected chi connectivity index (χ0v) is 8.40. The van der Waals surface area contributed by atoms with E-state index in [1.807, 2.05) is 6.07 Å². The topological polar surface area (TPSA) is 0 Å². The van der Waals surface area contributed by atoms with Crippen molar-refractivity contribution in [3.8, 4) is 10.4 Å². The summed E-state index contributed by atoms with van der Waals surface area (Å²) >= 11 is 1.78. The molecule has 1 aromatic carbocycles. The predicted octanol–water partition coefficient (Wildman–Crippen LogP) is 3.91. The van der Waals surface area contributed by atoms with Gasteiger partial charge in [-0.15, -0.1) is 11.3 Å². The minimum atomic E-state index is 1.10. The number of aryl methyl sites for hydroxylation is 1. The van der Waals surface area contributed by atoms with E-state index < -0.39 is 0 Å². The second kappa shape index (κ2) is 3.35. The Bertz CT molecular complexity index is 413. The highest BCUT2D eigenvalue weighted by atomic mass is 32.1. The SMILES string of the molecule is [CH2]c1ccccc1-c1sccc1C. The van der Waals surface area contributed by atoms with Gasteiger partial charge >= 0.3 is 0 Å². The van der Waals surface area contributed by atoms with Crippen LogP contribution in [0, 0.1) is 13.8 Å². The molecule has 0 N–H and O–H groups in total. The highest BCUT2D eigenvalue weighted by molar-refractivity contribution is 7.13. The van der Waals surface area contributed by atoms with Gasteiger partial charge in [-0.2, -0.15) is 0 Å². The van der Waals surface area contributed by atoms with Gasteiger partial charge in [0.05, 0.1) is 0 Å². The summed E-state index contributed by atoms with van der Waals surface area (Å²) in [5.41, 5.74) is 3.70. The van der Waals surface area contributed by atoms with Crippen LogP contribution in [0.1, 0.15) is 11.1 Å². The molecular weight excluding hydrogens is 176 g/mol. The molecule has 65 valence electrons. The van der Waals surface area contributed by atoms with Crippen LogP contribution in [0.4, 0.5) is 0 Å². The minimum Gasteiger partial charge on any atom is -0.144 e. The molecule has 0 atom stereocenters. The lowest BCUT2D eigenvalue weighted by atomic mass is 10.1. The van der Waals surface area contributed by atoms with Gasteiger partial charge in [0.1, 0.15) is 0 Å². The van der Waals surface area contributed by atoms with E-state index >= 15 is 0 Å². The van der Waals surface area contributed by atoms with Gasteiger partial charge in [-0.05, 0) is 42.0 Å². The predicted molar refractivity (Wildman–Crippen MR) is 59.0 cm³/mol. The molecule has 0 bridgehead atoms. The molecule has 2 aromatic rings. The minimum absolute atomic E-state index is 1.10. The molecule has 0 aliphatic heterocycles. The summed E-state index contributed by atoms with van der Waals surface area (Å²) < 4.78 is 0. The van der Waals surface area contributed by atoms with E-state index in [4.69, 9.17) is 0 Å². The van der Waals surface area contributed by atoms with Gasteiger partial charge < -0.3 is 0 Å². The van der Waals surface area contributed by atoms with Crippen molar-refractivity contribution in [3.05, 3.63) is 53.8 Å². The molecule has 2 rings (SSSR count). The third-order valence-corrected chi connectivity index (χ3v) is 3.17. The zero-order chi connectivity index (χ0) is 9.26. The van der Waals surface area contributed by atoms with Crippen LogP contribution in [0.3, 0.4) is 0 Å². The first-order valence-electron chi connectivity index (χ1n) is 4.24. The Labute approximate surface area is 82.9 Å². The van der Waals surface area contributed by atoms with Gasteiger partial charge in [-0.3, -0.25) is 0 Å². The summed E-state index contributed by atoms with van der Waals surface area (Å²) in [6.07, 6.45) is 0. The van der Waals surface area contributed by atoms with Crippen LogP contribution in [0.25, 0.3) is 10.4 Å². The van der Waals surface area contributed by atoms with Crippen LogP contribution < -0.4 is 0 Å². The number of benzene rings is 1. The van der Waals surface area contributed by atoms with E-state index in [-0.39, 0.29) is 0 Å². The Balaban J connectivity index is 2.59. The van der Waals surface area contributed by atoms with Crippen LogP contribution in [0.2, 0.25) is 0 Å². The Hall–Kier alpha value is -1.08. The van der Waals surface area contributed by atoms with Crippen LogP contribution in [0.5, 0.6) is 0 Å². The van der Waals surface area contributed by atoms with E-state index in [1.165, 1.54) is 16.0 Å². The lowest BCUT2D eigenvalue weighted by molar-refractivity contribution is 1.52. The average molecular weight is 187 g/mol. The molecule has 0 saturated carbocycles. The monoisotopic (exact) mass is 187 g/mol. The van der Waals surface area contributed by atoms with Gasteiger partial charge in [0, 0.05) is 4.88 Å². The van der Waals surface area contributed by atoms with Gasteiger partial charge in [0.15, 0.2) is 0 Å². The molecule has 0 spiro atoms. The molecule has 1 radical (unpaired) electrons. The van der Waals surface area contributed by atoms with Gasteiger partial charge in [0.25, 0.3) is 0 Å². The van der Waals surface area contributed by atoms with Crippen LogP contribution in [0.15, 0.2) is 35.7 Å². The van der Waals surface area contributed by atoms with Crippen LogP contribution in [-0.4, -0.2) is 0 Å². The Morgan fingerprint density at radius 3 is 2.54 bits per heavy atom. The molecule has 1 aromatic heterocycles. The lowest BCUT2D eigenvalue weighted by Crippen LogP contribution is -1.80. The number of rotatable bonds is 1. The van der Waals surface area contributed by atoms with Crippen LogP contribution >= 0.6 is 11.3 Å². The summed E-state index contributed by atoms with van der Waals surface area (Å²) in [4.78, 5) is 1.34. The lowest BCUT2D eigenvalue weighted by Gasteiger charge is -2.03. The molecule has 13 heavy (non-hydrogen) atoms. The molecular formula is C12H11S. The van der Waals surface area contributed by atoms with Crippen molar-refractivity contribution in [2.24, 2.45) is 0 Å². The smallest absolute Gasteiger partial charge is 0.0374 e. The van der Waals surface area contributed by atoms with Crippen molar-refractivity contribution < 1.29 is 0 Å². The van der Waals surface area contributed by atoms with Crippen molar-refractivity contribution in [1.29, 1.82) is 0 Å². The van der Waals surface area contributed by atoms with Crippen molar-refractivity contribution in [3.63, 3.8) is 0 Å². The Kier molecular flexibility index (Phi) is 2.19. The van der Waals surface area contributed by atoms with Crippen molar-refractivity contribution in [2.45, 2.75) is 6.92 Å².